The van der Waals surface area contributed by atoms with Gasteiger partial charge in [0.1, 0.15) is 0 Å². The van der Waals surface area contributed by atoms with Gasteiger partial charge in [-0.15, -0.1) is 22.7 Å². The lowest BCUT2D eigenvalue weighted by molar-refractivity contribution is 1.11. The van der Waals surface area contributed by atoms with Gasteiger partial charge in [0.15, 0.2) is 0 Å². The molecule has 0 aliphatic heterocycles. The van der Waals surface area contributed by atoms with E-state index in [-0.39, 0.29) is 0 Å². The maximum Gasteiger partial charge on any atom is 0.0812 e. The normalized spacial score (nSPS) is 11.1. The first-order valence-corrected chi connectivity index (χ1v) is 6.69. The average Bonchev–Trinajstić information content (AvgIpc) is 2.96. The number of benzene rings is 1. The van der Waals surface area contributed by atoms with E-state index < -0.39 is 0 Å². The van der Waals surface area contributed by atoms with Crippen LogP contribution in [0.4, 0.5) is 0 Å². The smallest absolute Gasteiger partial charge is 0.0812 e. The molecule has 0 saturated carbocycles. The molecule has 4 heteroatoms. The minimum atomic E-state index is 0.619. The van der Waals surface area contributed by atoms with Crippen LogP contribution in [0.25, 0.3) is 20.7 Å². The van der Waals surface area contributed by atoms with Crippen LogP contribution in [-0.2, 0) is 6.54 Å². The Bertz CT molecular complexity index is 625. The molecule has 0 spiro atoms. The molecule has 2 heterocycles. The van der Waals surface area contributed by atoms with Gasteiger partial charge in [0.05, 0.1) is 15.7 Å². The summed E-state index contributed by atoms with van der Waals surface area (Å²) in [7, 11) is 0. The zero-order chi connectivity index (χ0) is 11.0. The van der Waals surface area contributed by atoms with Gasteiger partial charge in [0.25, 0.3) is 0 Å². The Morgan fingerprint density at radius 2 is 2.12 bits per heavy atom. The lowest BCUT2D eigenvalue weighted by atomic mass is 10.2. The summed E-state index contributed by atoms with van der Waals surface area (Å²) < 4.78 is 1.24. The summed E-state index contributed by atoms with van der Waals surface area (Å²) in [6, 6.07) is 10.6. The number of thiazole rings is 1. The van der Waals surface area contributed by atoms with Crippen LogP contribution in [0.15, 0.2) is 35.8 Å². The van der Waals surface area contributed by atoms with Crippen molar-refractivity contribution in [2.45, 2.75) is 6.54 Å². The number of nitrogens with two attached hydrogens (primary N) is 1. The van der Waals surface area contributed by atoms with Gasteiger partial charge in [0.2, 0.25) is 0 Å². The van der Waals surface area contributed by atoms with Gasteiger partial charge in [-0.05, 0) is 29.8 Å². The van der Waals surface area contributed by atoms with E-state index in [0.29, 0.717) is 6.54 Å². The lowest BCUT2D eigenvalue weighted by Gasteiger charge is -1.96. The molecule has 1 aromatic carbocycles. The molecule has 0 saturated heterocycles. The van der Waals surface area contributed by atoms with Crippen molar-refractivity contribution < 1.29 is 0 Å². The third-order valence-corrected chi connectivity index (χ3v) is 4.43. The second-order valence-corrected chi connectivity index (χ2v) is 5.56. The minimum absolute atomic E-state index is 0.619. The van der Waals surface area contributed by atoms with Gasteiger partial charge in [-0.25, -0.2) is 4.98 Å². The monoisotopic (exact) mass is 246 g/mol. The van der Waals surface area contributed by atoms with E-state index in [4.69, 9.17) is 5.73 Å². The van der Waals surface area contributed by atoms with Crippen molar-refractivity contribution in [3.8, 4) is 10.4 Å². The third kappa shape index (κ3) is 1.65. The first-order chi connectivity index (χ1) is 7.86. The fourth-order valence-electron chi connectivity index (χ4n) is 1.65. The summed E-state index contributed by atoms with van der Waals surface area (Å²) in [6.45, 7) is 0.619. The Morgan fingerprint density at radius 1 is 1.19 bits per heavy atom. The molecule has 3 aromatic rings. The van der Waals surface area contributed by atoms with Gasteiger partial charge in [-0.2, -0.15) is 0 Å². The van der Waals surface area contributed by atoms with Crippen molar-refractivity contribution in [2.75, 3.05) is 0 Å². The van der Waals surface area contributed by atoms with E-state index in [2.05, 4.69) is 35.3 Å². The van der Waals surface area contributed by atoms with Crippen molar-refractivity contribution in [1.29, 1.82) is 0 Å². The maximum atomic E-state index is 5.62. The number of fused-ring (bicyclic) bond motifs is 1. The predicted molar refractivity (Wildman–Crippen MR) is 70.8 cm³/mol. The molecule has 2 aromatic heterocycles. The van der Waals surface area contributed by atoms with Gasteiger partial charge < -0.3 is 5.73 Å². The van der Waals surface area contributed by atoms with Crippen LogP contribution < -0.4 is 5.73 Å². The number of thiophene rings is 1. The average molecular weight is 246 g/mol. The van der Waals surface area contributed by atoms with E-state index >= 15 is 0 Å². The van der Waals surface area contributed by atoms with Crippen molar-refractivity contribution in [2.24, 2.45) is 5.73 Å². The second kappa shape index (κ2) is 3.97. The van der Waals surface area contributed by atoms with Crippen molar-refractivity contribution in [3.63, 3.8) is 0 Å². The molecule has 0 aliphatic rings. The van der Waals surface area contributed by atoms with E-state index in [1.165, 1.54) is 20.0 Å². The van der Waals surface area contributed by atoms with Crippen molar-refractivity contribution >= 4 is 32.9 Å². The molecule has 3 rings (SSSR count). The predicted octanol–water partition coefficient (Wildman–Crippen LogP) is 3.48. The molecule has 2 nitrogen and oxygen atoms in total. The molecule has 0 amide bonds. The highest BCUT2D eigenvalue weighted by molar-refractivity contribution is 7.17. The number of rotatable bonds is 2. The Labute approximate surface area is 101 Å². The summed E-state index contributed by atoms with van der Waals surface area (Å²) >= 11 is 3.43. The second-order valence-electron chi connectivity index (χ2n) is 3.50. The molecular weight excluding hydrogens is 236 g/mol. The molecule has 0 bridgehead atoms. The highest BCUT2D eigenvalue weighted by atomic mass is 32.1. The molecule has 0 fully saturated rings. The minimum Gasteiger partial charge on any atom is -0.326 e. The fraction of sp³-hybridized carbons (Fsp3) is 0.0833. The SMILES string of the molecule is NCc1ccc(-c2ccc3ncsc3c2)s1. The van der Waals surface area contributed by atoms with Crippen LogP contribution in [-0.4, -0.2) is 4.98 Å². The van der Waals surface area contributed by atoms with Crippen LogP contribution in [0, 0.1) is 0 Å². The zero-order valence-electron chi connectivity index (χ0n) is 8.51. The molecule has 80 valence electrons. The van der Waals surface area contributed by atoms with Crippen LogP contribution in [0.2, 0.25) is 0 Å². The molecule has 0 aliphatic carbocycles. The Balaban J connectivity index is 2.10. The van der Waals surface area contributed by atoms with Crippen molar-refractivity contribution in [1.82, 2.24) is 4.98 Å². The quantitative estimate of drug-likeness (QED) is 0.751. The summed E-state index contributed by atoms with van der Waals surface area (Å²) in [5, 5.41) is 0. The Kier molecular flexibility index (Phi) is 2.47. The number of hydrogen-bond donors (Lipinski definition) is 1. The van der Waals surface area contributed by atoms with Crippen molar-refractivity contribution in [3.05, 3.63) is 40.7 Å². The van der Waals surface area contributed by atoms with Gasteiger partial charge in [-0.3, -0.25) is 0 Å². The fourth-order valence-corrected chi connectivity index (χ4v) is 3.25. The molecule has 2 N–H and O–H groups in total. The summed E-state index contributed by atoms with van der Waals surface area (Å²) in [5.41, 5.74) is 9.83. The Morgan fingerprint density at radius 3 is 2.94 bits per heavy atom. The highest BCUT2D eigenvalue weighted by Gasteiger charge is 2.04. The topological polar surface area (TPSA) is 38.9 Å². The Hall–Kier alpha value is -1.23. The number of aromatic nitrogens is 1. The summed E-state index contributed by atoms with van der Waals surface area (Å²) in [4.78, 5) is 6.77. The molecule has 0 radical (unpaired) electrons. The van der Waals surface area contributed by atoms with Crippen LogP contribution >= 0.6 is 22.7 Å². The van der Waals surface area contributed by atoms with Gasteiger partial charge in [-0.1, -0.05) is 6.07 Å². The van der Waals surface area contributed by atoms with Crippen LogP contribution in [0.3, 0.4) is 0 Å². The van der Waals surface area contributed by atoms with E-state index in [1.807, 2.05) is 5.51 Å². The molecule has 16 heavy (non-hydrogen) atoms. The maximum absolute atomic E-state index is 5.62. The summed E-state index contributed by atoms with van der Waals surface area (Å²) in [5.74, 6) is 0. The molecular formula is C12H10N2S2. The molecule has 0 unspecified atom stereocenters. The van der Waals surface area contributed by atoms with E-state index in [1.54, 1.807) is 22.7 Å². The first kappa shape index (κ1) is 9.96. The standard InChI is InChI=1S/C12H10N2S2/c13-6-9-2-4-11(16-9)8-1-3-10-12(5-8)15-7-14-10/h1-5,7H,6,13H2. The number of nitrogens with zero attached hydrogens (tertiary/aromatic N) is 1. The third-order valence-electron chi connectivity index (χ3n) is 2.48. The van der Waals surface area contributed by atoms with Gasteiger partial charge >= 0.3 is 0 Å². The van der Waals surface area contributed by atoms with Crippen LogP contribution in [0.1, 0.15) is 4.88 Å². The van der Waals surface area contributed by atoms with E-state index in [0.717, 1.165) is 5.52 Å². The number of hydrogen-bond acceptors (Lipinski definition) is 4. The zero-order valence-corrected chi connectivity index (χ0v) is 10.1. The largest absolute Gasteiger partial charge is 0.326 e. The molecule has 0 atom stereocenters. The first-order valence-electron chi connectivity index (χ1n) is 4.99. The lowest BCUT2D eigenvalue weighted by Crippen LogP contribution is -1.90. The van der Waals surface area contributed by atoms with Gasteiger partial charge in [0, 0.05) is 16.3 Å². The van der Waals surface area contributed by atoms with E-state index in [9.17, 15) is 0 Å². The van der Waals surface area contributed by atoms with Crippen LogP contribution in [0.5, 0.6) is 0 Å². The summed E-state index contributed by atoms with van der Waals surface area (Å²) in [6.07, 6.45) is 0. The highest BCUT2D eigenvalue weighted by Crippen LogP contribution is 2.31.